The number of rotatable bonds is 3. The lowest BCUT2D eigenvalue weighted by Crippen LogP contribution is -2.14. The predicted molar refractivity (Wildman–Crippen MR) is 54.0 cm³/mol. The molecule has 0 saturated heterocycles. The molecule has 5 heteroatoms. The Morgan fingerprint density at radius 1 is 1.29 bits per heavy atom. The molecule has 0 aliphatic heterocycles. The minimum atomic E-state index is -2.44. The molecule has 0 aliphatic carbocycles. The van der Waals surface area contributed by atoms with Crippen molar-refractivity contribution in [2.24, 2.45) is 5.73 Å². The number of benzene rings is 1. The van der Waals surface area contributed by atoms with Crippen LogP contribution in [0.5, 0.6) is 0 Å². The Hall–Kier alpha value is -0.380. The van der Waals surface area contributed by atoms with E-state index in [1.165, 1.54) is 0 Å². The second kappa shape index (κ2) is 4.91. The lowest BCUT2D eigenvalue weighted by molar-refractivity contribution is 0.128. The third-order valence-corrected chi connectivity index (χ3v) is 2.65. The molecule has 14 heavy (non-hydrogen) atoms. The molecule has 0 unspecified atom stereocenters. The highest BCUT2D eigenvalue weighted by atomic mass is 35.5. The van der Waals surface area contributed by atoms with E-state index in [4.69, 9.17) is 28.9 Å². The maximum absolute atomic E-state index is 12.0. The van der Waals surface area contributed by atoms with Crippen LogP contribution < -0.4 is 5.73 Å². The van der Waals surface area contributed by atoms with Crippen molar-refractivity contribution in [1.29, 1.82) is 0 Å². The van der Waals surface area contributed by atoms with Gasteiger partial charge in [0.05, 0.1) is 10.0 Å². The molecule has 1 nitrogen and oxygen atoms in total. The van der Waals surface area contributed by atoms with Gasteiger partial charge in [-0.25, -0.2) is 8.78 Å². The van der Waals surface area contributed by atoms with Crippen molar-refractivity contribution in [2.75, 3.05) is 0 Å². The Labute approximate surface area is 90.8 Å². The molecule has 0 heterocycles. The summed E-state index contributed by atoms with van der Waals surface area (Å²) in [4.78, 5) is 0. The molecule has 0 amide bonds. The van der Waals surface area contributed by atoms with E-state index >= 15 is 0 Å². The third kappa shape index (κ3) is 2.80. The van der Waals surface area contributed by atoms with E-state index in [0.717, 1.165) is 0 Å². The van der Waals surface area contributed by atoms with Crippen LogP contribution in [0.3, 0.4) is 0 Å². The molecule has 0 aromatic heterocycles. The molecular formula is C9H9Cl2F2N. The van der Waals surface area contributed by atoms with Gasteiger partial charge in [-0.3, -0.25) is 0 Å². The van der Waals surface area contributed by atoms with Crippen molar-refractivity contribution >= 4 is 23.2 Å². The SMILES string of the molecule is N[C@@H](CC(F)F)c1cccc(Cl)c1Cl. The lowest BCUT2D eigenvalue weighted by Gasteiger charge is -2.13. The minimum absolute atomic E-state index is 0.252. The molecule has 0 bridgehead atoms. The predicted octanol–water partition coefficient (Wildman–Crippen LogP) is 3.65. The van der Waals surface area contributed by atoms with Gasteiger partial charge < -0.3 is 5.73 Å². The molecule has 0 radical (unpaired) electrons. The first-order chi connectivity index (χ1) is 6.52. The first-order valence-corrected chi connectivity index (χ1v) is 4.75. The van der Waals surface area contributed by atoms with E-state index in [0.29, 0.717) is 10.6 Å². The highest BCUT2D eigenvalue weighted by Gasteiger charge is 2.16. The summed E-state index contributed by atoms with van der Waals surface area (Å²) in [5.74, 6) is 0. The van der Waals surface area contributed by atoms with Crippen LogP contribution in [-0.4, -0.2) is 6.43 Å². The Morgan fingerprint density at radius 2 is 1.93 bits per heavy atom. The van der Waals surface area contributed by atoms with Crippen molar-refractivity contribution in [3.63, 3.8) is 0 Å². The normalized spacial score (nSPS) is 13.3. The van der Waals surface area contributed by atoms with E-state index in [9.17, 15) is 8.78 Å². The first kappa shape index (κ1) is 11.7. The minimum Gasteiger partial charge on any atom is -0.324 e. The van der Waals surface area contributed by atoms with Crippen molar-refractivity contribution in [1.82, 2.24) is 0 Å². The van der Waals surface area contributed by atoms with Crippen molar-refractivity contribution in [3.05, 3.63) is 33.8 Å². The second-order valence-electron chi connectivity index (χ2n) is 2.88. The van der Waals surface area contributed by atoms with Gasteiger partial charge in [0.25, 0.3) is 0 Å². The van der Waals surface area contributed by atoms with Gasteiger partial charge in [0.2, 0.25) is 6.43 Å². The van der Waals surface area contributed by atoms with Gasteiger partial charge in [-0.1, -0.05) is 35.3 Å². The van der Waals surface area contributed by atoms with E-state index in [-0.39, 0.29) is 5.02 Å². The summed E-state index contributed by atoms with van der Waals surface area (Å²) in [5, 5.41) is 0.580. The van der Waals surface area contributed by atoms with Gasteiger partial charge in [0.1, 0.15) is 0 Å². The summed E-state index contributed by atoms with van der Waals surface area (Å²) in [6, 6.07) is 4.04. The van der Waals surface area contributed by atoms with Gasteiger partial charge in [-0.05, 0) is 11.6 Å². The van der Waals surface area contributed by atoms with Gasteiger partial charge in [-0.15, -0.1) is 0 Å². The summed E-state index contributed by atoms with van der Waals surface area (Å²) >= 11 is 11.5. The van der Waals surface area contributed by atoms with Crippen molar-refractivity contribution in [2.45, 2.75) is 18.9 Å². The Morgan fingerprint density at radius 3 is 2.50 bits per heavy atom. The molecule has 0 aliphatic rings. The molecule has 0 saturated carbocycles. The number of hydrogen-bond acceptors (Lipinski definition) is 1. The molecule has 1 rings (SSSR count). The monoisotopic (exact) mass is 239 g/mol. The van der Waals surface area contributed by atoms with Crippen LogP contribution in [-0.2, 0) is 0 Å². The maximum atomic E-state index is 12.0. The van der Waals surface area contributed by atoms with Gasteiger partial charge in [0.15, 0.2) is 0 Å². The van der Waals surface area contributed by atoms with E-state index < -0.39 is 18.9 Å². The van der Waals surface area contributed by atoms with Crippen LogP contribution in [0.25, 0.3) is 0 Å². The van der Waals surface area contributed by atoms with E-state index in [1.54, 1.807) is 18.2 Å². The Balaban J connectivity index is 2.89. The average Bonchev–Trinajstić information content (AvgIpc) is 2.08. The Bertz CT molecular complexity index is 318. The summed E-state index contributed by atoms with van der Waals surface area (Å²) in [7, 11) is 0. The van der Waals surface area contributed by atoms with Crippen molar-refractivity contribution < 1.29 is 8.78 Å². The van der Waals surface area contributed by atoms with Crippen molar-refractivity contribution in [3.8, 4) is 0 Å². The van der Waals surface area contributed by atoms with Crippen LogP contribution >= 0.6 is 23.2 Å². The Kier molecular flexibility index (Phi) is 4.11. The summed E-state index contributed by atoms with van der Waals surface area (Å²) in [6.45, 7) is 0. The molecule has 2 N–H and O–H groups in total. The van der Waals surface area contributed by atoms with Crippen LogP contribution in [0.1, 0.15) is 18.0 Å². The molecule has 1 aromatic rings. The third-order valence-electron chi connectivity index (χ3n) is 1.81. The topological polar surface area (TPSA) is 26.0 Å². The van der Waals surface area contributed by atoms with Crippen LogP contribution in [0.4, 0.5) is 8.78 Å². The fourth-order valence-corrected chi connectivity index (χ4v) is 1.57. The van der Waals surface area contributed by atoms with Crippen LogP contribution in [0.15, 0.2) is 18.2 Å². The number of hydrogen-bond donors (Lipinski definition) is 1. The molecule has 78 valence electrons. The summed E-state index contributed by atoms with van der Waals surface area (Å²) < 4.78 is 24.1. The molecule has 0 fully saturated rings. The zero-order valence-electron chi connectivity index (χ0n) is 7.18. The average molecular weight is 240 g/mol. The smallest absolute Gasteiger partial charge is 0.240 e. The zero-order chi connectivity index (χ0) is 10.7. The molecular weight excluding hydrogens is 231 g/mol. The zero-order valence-corrected chi connectivity index (χ0v) is 8.69. The standard InChI is InChI=1S/C9H9Cl2F2N/c10-6-3-1-2-5(9(6)11)7(14)4-8(12)13/h1-3,7-8H,4,14H2/t7-/m0/s1. The number of nitrogens with two attached hydrogens (primary N) is 1. The van der Waals surface area contributed by atoms with E-state index in [2.05, 4.69) is 0 Å². The van der Waals surface area contributed by atoms with Crippen LogP contribution in [0.2, 0.25) is 10.0 Å². The van der Waals surface area contributed by atoms with E-state index in [1.807, 2.05) is 0 Å². The summed E-state index contributed by atoms with van der Waals surface area (Å²) in [6.07, 6.45) is -2.86. The van der Waals surface area contributed by atoms with Crippen LogP contribution in [0, 0.1) is 0 Å². The van der Waals surface area contributed by atoms with Gasteiger partial charge in [-0.2, -0.15) is 0 Å². The van der Waals surface area contributed by atoms with Gasteiger partial charge >= 0.3 is 0 Å². The molecule has 1 aromatic carbocycles. The number of alkyl halides is 2. The second-order valence-corrected chi connectivity index (χ2v) is 3.66. The fourth-order valence-electron chi connectivity index (χ4n) is 1.13. The molecule has 1 atom stereocenters. The highest BCUT2D eigenvalue weighted by molar-refractivity contribution is 6.42. The quantitative estimate of drug-likeness (QED) is 0.857. The largest absolute Gasteiger partial charge is 0.324 e. The summed E-state index contributed by atoms with van der Waals surface area (Å²) in [5.41, 5.74) is 6.00. The fraction of sp³-hybridized carbons (Fsp3) is 0.333. The first-order valence-electron chi connectivity index (χ1n) is 4.00. The van der Waals surface area contributed by atoms with Gasteiger partial charge in [0, 0.05) is 12.5 Å². The lowest BCUT2D eigenvalue weighted by atomic mass is 10.1. The maximum Gasteiger partial charge on any atom is 0.240 e. The number of halogens is 4. The highest BCUT2D eigenvalue weighted by Crippen LogP contribution is 2.31. The molecule has 0 spiro atoms.